The third-order valence-electron chi connectivity index (χ3n) is 5.24. The zero-order valence-corrected chi connectivity index (χ0v) is 19.0. The summed E-state index contributed by atoms with van der Waals surface area (Å²) >= 11 is 3.37. The van der Waals surface area contributed by atoms with Crippen LogP contribution in [-0.4, -0.2) is 31.8 Å². The normalized spacial score (nSPS) is 16.0. The first kappa shape index (κ1) is 22.1. The van der Waals surface area contributed by atoms with E-state index < -0.39 is 6.09 Å². The lowest BCUT2D eigenvalue weighted by molar-refractivity contribution is 0.0421. The van der Waals surface area contributed by atoms with Crippen molar-refractivity contribution in [2.75, 3.05) is 18.6 Å². The van der Waals surface area contributed by atoms with Gasteiger partial charge < -0.3 is 9.47 Å². The maximum Gasteiger partial charge on any atom is 0.414 e. The van der Waals surface area contributed by atoms with E-state index in [1.54, 1.807) is 17.0 Å². The number of methoxy groups -OCH3 is 1. The van der Waals surface area contributed by atoms with Crippen molar-refractivity contribution in [2.24, 2.45) is 5.92 Å². The van der Waals surface area contributed by atoms with E-state index in [-0.39, 0.29) is 24.5 Å². The summed E-state index contributed by atoms with van der Waals surface area (Å²) in [6.07, 6.45) is 5.31. The van der Waals surface area contributed by atoms with Crippen molar-refractivity contribution in [1.29, 1.82) is 0 Å². The van der Waals surface area contributed by atoms with Gasteiger partial charge in [-0.05, 0) is 54.8 Å². The van der Waals surface area contributed by atoms with Gasteiger partial charge in [0.25, 0.3) is 0 Å². The highest BCUT2D eigenvalue weighted by molar-refractivity contribution is 9.10. The molecule has 0 unspecified atom stereocenters. The zero-order chi connectivity index (χ0) is 21.7. The molecule has 0 N–H and O–H groups in total. The third-order valence-corrected chi connectivity index (χ3v) is 5.77. The fraction of sp³-hybridized carbons (Fsp3) is 0.333. The van der Waals surface area contributed by atoms with Crippen LogP contribution in [0.2, 0.25) is 0 Å². The lowest BCUT2D eigenvalue weighted by Crippen LogP contribution is -2.46. The summed E-state index contributed by atoms with van der Waals surface area (Å²) in [6.45, 7) is 4.29. The highest BCUT2D eigenvalue weighted by Crippen LogP contribution is 2.34. The van der Waals surface area contributed by atoms with Crippen molar-refractivity contribution in [2.45, 2.75) is 32.7 Å². The van der Waals surface area contributed by atoms with Crippen LogP contribution in [0.25, 0.3) is 6.08 Å². The number of carbonyl (C=O) groups excluding carboxylic acids is 2. The quantitative estimate of drug-likeness (QED) is 0.484. The number of amides is 1. The summed E-state index contributed by atoms with van der Waals surface area (Å²) in [5, 5.41) is 0. The number of hydrogen-bond donors (Lipinski definition) is 0. The first-order chi connectivity index (χ1) is 14.4. The van der Waals surface area contributed by atoms with Gasteiger partial charge in [0.1, 0.15) is 0 Å². The first-order valence-electron chi connectivity index (χ1n) is 10.0. The van der Waals surface area contributed by atoms with Crippen LogP contribution in [0.4, 0.5) is 10.5 Å². The lowest BCUT2D eigenvalue weighted by Gasteiger charge is -2.37. The molecule has 2 atom stereocenters. The molecule has 5 nitrogen and oxygen atoms in total. The molecule has 6 heteroatoms. The summed E-state index contributed by atoms with van der Waals surface area (Å²) in [5.41, 5.74) is 3.34. The van der Waals surface area contributed by atoms with E-state index in [2.05, 4.69) is 22.9 Å². The minimum atomic E-state index is -0.420. The SMILES string of the molecule is CCC[C@@H](COC(=O)c1ccc(Br)cc1)[C@@H]1C=Cc2ccc(C)cc2N1C(=O)OC. The van der Waals surface area contributed by atoms with E-state index in [1.807, 2.05) is 49.4 Å². The second-order valence-corrected chi connectivity index (χ2v) is 8.32. The Morgan fingerprint density at radius 1 is 1.17 bits per heavy atom. The van der Waals surface area contributed by atoms with Crippen molar-refractivity contribution < 1.29 is 19.1 Å². The summed E-state index contributed by atoms with van der Waals surface area (Å²) in [5.74, 6) is -0.428. The molecular weight excluding hydrogens is 446 g/mol. The highest BCUT2D eigenvalue weighted by Gasteiger charge is 2.34. The zero-order valence-electron chi connectivity index (χ0n) is 17.4. The van der Waals surface area contributed by atoms with E-state index in [0.717, 1.165) is 34.1 Å². The number of rotatable bonds is 6. The fourth-order valence-electron chi connectivity index (χ4n) is 3.71. The molecule has 3 rings (SSSR count). The molecule has 0 saturated heterocycles. The molecule has 2 aromatic rings. The number of esters is 1. The van der Waals surface area contributed by atoms with Crippen molar-refractivity contribution in [3.63, 3.8) is 0 Å². The molecule has 0 fully saturated rings. The molecule has 1 heterocycles. The minimum absolute atomic E-state index is 0.0570. The molecule has 0 radical (unpaired) electrons. The highest BCUT2D eigenvalue weighted by atomic mass is 79.9. The van der Waals surface area contributed by atoms with E-state index in [0.29, 0.717) is 5.56 Å². The molecule has 158 valence electrons. The van der Waals surface area contributed by atoms with E-state index >= 15 is 0 Å². The third kappa shape index (κ3) is 4.93. The van der Waals surface area contributed by atoms with Gasteiger partial charge >= 0.3 is 12.1 Å². The van der Waals surface area contributed by atoms with Gasteiger partial charge in [-0.2, -0.15) is 0 Å². The Morgan fingerprint density at radius 2 is 1.90 bits per heavy atom. The minimum Gasteiger partial charge on any atom is -0.462 e. The number of carbonyl (C=O) groups is 2. The standard InChI is InChI=1S/C24H26BrNO4/c1-4-5-19(15-30-23(27)18-8-11-20(25)12-9-18)21-13-10-17-7-6-16(2)14-22(17)26(21)24(28)29-3/h6-14,19,21H,4-5,15H2,1-3H3/t19-,21-/m0/s1. The van der Waals surface area contributed by atoms with Gasteiger partial charge in [0.15, 0.2) is 0 Å². The Balaban J connectivity index is 1.83. The molecule has 1 aliphatic rings. The average molecular weight is 472 g/mol. The van der Waals surface area contributed by atoms with E-state index in [1.165, 1.54) is 7.11 Å². The van der Waals surface area contributed by atoms with E-state index in [4.69, 9.17) is 9.47 Å². The molecular formula is C24H26BrNO4. The smallest absolute Gasteiger partial charge is 0.414 e. The Hall–Kier alpha value is -2.60. The van der Waals surface area contributed by atoms with Gasteiger partial charge in [0.05, 0.1) is 31.0 Å². The summed E-state index contributed by atoms with van der Waals surface area (Å²) in [4.78, 5) is 26.9. The summed E-state index contributed by atoms with van der Waals surface area (Å²) in [6, 6.07) is 12.8. The van der Waals surface area contributed by atoms with Gasteiger partial charge in [-0.1, -0.05) is 53.6 Å². The summed E-state index contributed by atoms with van der Waals surface area (Å²) < 4.78 is 11.6. The second kappa shape index (κ2) is 9.94. The van der Waals surface area contributed by atoms with Gasteiger partial charge in [0, 0.05) is 10.4 Å². The van der Waals surface area contributed by atoms with Crippen LogP contribution < -0.4 is 4.90 Å². The Kier molecular flexibility index (Phi) is 7.32. The van der Waals surface area contributed by atoms with Crippen molar-refractivity contribution in [3.05, 3.63) is 69.7 Å². The molecule has 2 aromatic carbocycles. The second-order valence-electron chi connectivity index (χ2n) is 7.41. The average Bonchev–Trinajstić information content (AvgIpc) is 2.75. The number of hydrogen-bond acceptors (Lipinski definition) is 4. The molecule has 0 saturated carbocycles. The fourth-order valence-corrected chi connectivity index (χ4v) is 3.98. The van der Waals surface area contributed by atoms with Gasteiger partial charge in [-0.15, -0.1) is 0 Å². The van der Waals surface area contributed by atoms with Gasteiger partial charge in [-0.25, -0.2) is 9.59 Å². The molecule has 30 heavy (non-hydrogen) atoms. The Morgan fingerprint density at radius 3 is 2.57 bits per heavy atom. The number of aryl methyl sites for hydroxylation is 1. The van der Waals surface area contributed by atoms with Crippen LogP contribution in [0.15, 0.2) is 53.0 Å². The topological polar surface area (TPSA) is 55.8 Å². The molecule has 1 amide bonds. The van der Waals surface area contributed by atoms with Crippen molar-refractivity contribution >= 4 is 39.8 Å². The predicted octanol–water partition coefficient (Wildman–Crippen LogP) is 6.00. The molecule has 0 spiro atoms. The number of anilines is 1. The van der Waals surface area contributed by atoms with Crippen LogP contribution in [-0.2, 0) is 9.47 Å². The summed E-state index contributed by atoms with van der Waals surface area (Å²) in [7, 11) is 1.38. The number of ether oxygens (including phenoxy) is 2. The van der Waals surface area contributed by atoms with Gasteiger partial charge in [0.2, 0.25) is 0 Å². The molecule has 0 aromatic heterocycles. The Bertz CT molecular complexity index is 939. The van der Waals surface area contributed by atoms with E-state index in [9.17, 15) is 9.59 Å². The van der Waals surface area contributed by atoms with Crippen LogP contribution in [0.1, 0.15) is 41.3 Å². The van der Waals surface area contributed by atoms with Gasteiger partial charge in [-0.3, -0.25) is 4.90 Å². The number of nitrogens with zero attached hydrogens (tertiary/aromatic N) is 1. The first-order valence-corrected chi connectivity index (χ1v) is 10.8. The van der Waals surface area contributed by atoms with Crippen molar-refractivity contribution in [3.8, 4) is 0 Å². The number of fused-ring (bicyclic) bond motifs is 1. The lowest BCUT2D eigenvalue weighted by atomic mass is 9.90. The maximum atomic E-state index is 12.7. The van der Waals surface area contributed by atoms with Crippen LogP contribution in [0.3, 0.4) is 0 Å². The van der Waals surface area contributed by atoms with Crippen LogP contribution in [0, 0.1) is 12.8 Å². The largest absolute Gasteiger partial charge is 0.462 e. The number of halogens is 1. The monoisotopic (exact) mass is 471 g/mol. The predicted molar refractivity (Wildman–Crippen MR) is 122 cm³/mol. The Labute approximate surface area is 185 Å². The molecule has 1 aliphatic heterocycles. The number of benzene rings is 2. The van der Waals surface area contributed by atoms with Crippen molar-refractivity contribution in [1.82, 2.24) is 0 Å². The van der Waals surface area contributed by atoms with Crippen LogP contribution >= 0.6 is 15.9 Å². The van der Waals surface area contributed by atoms with Crippen LogP contribution in [0.5, 0.6) is 0 Å². The maximum absolute atomic E-state index is 12.7. The molecule has 0 aliphatic carbocycles. The molecule has 0 bridgehead atoms.